The van der Waals surface area contributed by atoms with Crippen LogP contribution in [0.1, 0.15) is 232 Å². The third kappa shape index (κ3) is 25.1. The largest absolute Gasteiger partial charge is 0.256 e. The van der Waals surface area contributed by atoms with Gasteiger partial charge in [-0.15, -0.1) is 0 Å². The summed E-state index contributed by atoms with van der Waals surface area (Å²) in [6.45, 7) is 9.39. The van der Waals surface area contributed by atoms with Gasteiger partial charge in [-0.2, -0.15) is 0 Å². The predicted octanol–water partition coefficient (Wildman–Crippen LogP) is 13.9. The van der Waals surface area contributed by atoms with Crippen LogP contribution in [-0.2, 0) is 19.5 Å². The van der Waals surface area contributed by atoms with E-state index >= 15 is 0 Å². The van der Waals surface area contributed by atoms with Gasteiger partial charge in [0.2, 0.25) is 0 Å². The molecule has 2 nitrogen and oxygen atoms in total. The summed E-state index contributed by atoms with van der Waals surface area (Å²) in [5.41, 5.74) is 0. The fraction of sp³-hybridized carbons (Fsp3) is 0.927. The average Bonchev–Trinajstić information content (AvgIpc) is 3.40. The van der Waals surface area contributed by atoms with E-state index in [4.69, 9.17) is 0 Å². The standard InChI is InChI=1S/C41H81N2/c1-4-7-10-13-15-17-19-20-21-22-23-24-26-28-30-32-35-38-43-40-39-42(37-34-12-9-6-3)41(43)36-33-31-29-27-25-18-16-14-11-8-5-2/h39-40H,4-38H2,1-3H3/q+1. The number of unbranched alkanes of at least 4 members (excludes halogenated alkanes) is 29. The van der Waals surface area contributed by atoms with Gasteiger partial charge in [-0.1, -0.05) is 194 Å². The quantitative estimate of drug-likeness (QED) is 0.0540. The zero-order chi connectivity index (χ0) is 30.9. The number of imidazole rings is 1. The van der Waals surface area contributed by atoms with E-state index in [1.807, 2.05) is 0 Å². The molecule has 0 aliphatic heterocycles. The molecule has 0 spiro atoms. The lowest BCUT2D eigenvalue weighted by atomic mass is 10.0. The Morgan fingerprint density at radius 2 is 0.721 bits per heavy atom. The highest BCUT2D eigenvalue weighted by molar-refractivity contribution is 4.84. The van der Waals surface area contributed by atoms with Crippen LogP contribution in [0.5, 0.6) is 0 Å². The van der Waals surface area contributed by atoms with Crippen LogP contribution in [-0.4, -0.2) is 4.57 Å². The highest BCUT2D eigenvalue weighted by Gasteiger charge is 2.16. The highest BCUT2D eigenvalue weighted by Crippen LogP contribution is 2.15. The summed E-state index contributed by atoms with van der Waals surface area (Å²) in [4.78, 5) is 0. The molecule has 0 bridgehead atoms. The Kier molecular flexibility index (Phi) is 30.5. The van der Waals surface area contributed by atoms with Crippen molar-refractivity contribution in [1.29, 1.82) is 0 Å². The molecule has 254 valence electrons. The smallest absolute Gasteiger partial charge is 0.234 e. The van der Waals surface area contributed by atoms with E-state index in [9.17, 15) is 0 Å². The summed E-state index contributed by atoms with van der Waals surface area (Å²) in [6, 6.07) is 0. The molecular weight excluding hydrogens is 520 g/mol. The van der Waals surface area contributed by atoms with Crippen LogP contribution in [0.2, 0.25) is 0 Å². The van der Waals surface area contributed by atoms with E-state index in [1.54, 1.807) is 5.82 Å². The molecule has 0 radical (unpaired) electrons. The molecule has 0 saturated carbocycles. The van der Waals surface area contributed by atoms with Crippen molar-refractivity contribution in [1.82, 2.24) is 4.57 Å². The third-order valence-electron chi connectivity index (χ3n) is 9.85. The molecule has 0 saturated heterocycles. The van der Waals surface area contributed by atoms with Crippen LogP contribution in [0.15, 0.2) is 12.4 Å². The van der Waals surface area contributed by atoms with Gasteiger partial charge in [-0.25, -0.2) is 9.13 Å². The molecule has 0 fully saturated rings. The lowest BCUT2D eigenvalue weighted by molar-refractivity contribution is -0.704. The summed E-state index contributed by atoms with van der Waals surface area (Å²) in [5.74, 6) is 1.61. The molecule has 0 aromatic carbocycles. The van der Waals surface area contributed by atoms with Crippen molar-refractivity contribution in [2.75, 3.05) is 0 Å². The maximum Gasteiger partial charge on any atom is 0.256 e. The molecule has 43 heavy (non-hydrogen) atoms. The Balaban J connectivity index is 2.14. The van der Waals surface area contributed by atoms with Crippen LogP contribution in [0, 0.1) is 0 Å². The van der Waals surface area contributed by atoms with Crippen molar-refractivity contribution in [2.24, 2.45) is 0 Å². The van der Waals surface area contributed by atoms with Gasteiger partial charge in [-0.05, 0) is 32.1 Å². The molecule has 0 atom stereocenters. The van der Waals surface area contributed by atoms with E-state index in [1.165, 1.54) is 225 Å². The van der Waals surface area contributed by atoms with Crippen LogP contribution in [0.3, 0.4) is 0 Å². The van der Waals surface area contributed by atoms with Gasteiger partial charge >= 0.3 is 0 Å². The van der Waals surface area contributed by atoms with Gasteiger partial charge in [-0.3, -0.25) is 0 Å². The monoisotopic (exact) mass is 602 g/mol. The highest BCUT2D eigenvalue weighted by atomic mass is 15.1. The van der Waals surface area contributed by atoms with E-state index in [-0.39, 0.29) is 0 Å². The fourth-order valence-electron chi connectivity index (χ4n) is 6.86. The molecule has 0 aliphatic rings. The first-order valence-corrected chi connectivity index (χ1v) is 20.4. The van der Waals surface area contributed by atoms with Crippen LogP contribution in [0.4, 0.5) is 0 Å². The zero-order valence-corrected chi connectivity index (χ0v) is 30.3. The SMILES string of the molecule is CCCCCCCCCCCCCCCCCCC[n+]1ccn(CCCCCC)c1CCCCCCCCCCCCC. The third-order valence-corrected chi connectivity index (χ3v) is 9.85. The van der Waals surface area contributed by atoms with E-state index < -0.39 is 0 Å². The summed E-state index contributed by atoms with van der Waals surface area (Å²) in [6.07, 6.45) is 51.9. The summed E-state index contributed by atoms with van der Waals surface area (Å²) >= 11 is 0. The molecular formula is C41H81N2+. The van der Waals surface area contributed by atoms with Crippen molar-refractivity contribution >= 4 is 0 Å². The minimum Gasteiger partial charge on any atom is -0.234 e. The number of aryl methyl sites for hydroxylation is 2. The van der Waals surface area contributed by atoms with Crippen molar-refractivity contribution in [3.05, 3.63) is 18.2 Å². The number of rotatable bonds is 35. The number of aromatic nitrogens is 2. The lowest BCUT2D eigenvalue weighted by Crippen LogP contribution is -2.37. The molecule has 2 heteroatoms. The Morgan fingerprint density at radius 1 is 0.395 bits per heavy atom. The van der Waals surface area contributed by atoms with Gasteiger partial charge in [0.1, 0.15) is 12.4 Å². The first kappa shape index (κ1) is 40.2. The molecule has 0 N–H and O–H groups in total. The van der Waals surface area contributed by atoms with Gasteiger partial charge in [0.05, 0.1) is 13.1 Å². The number of hydrogen-bond donors (Lipinski definition) is 0. The van der Waals surface area contributed by atoms with Crippen LogP contribution in [0.25, 0.3) is 0 Å². The van der Waals surface area contributed by atoms with Gasteiger partial charge in [0, 0.05) is 6.42 Å². The lowest BCUT2D eigenvalue weighted by Gasteiger charge is -2.07. The Morgan fingerprint density at radius 3 is 1.12 bits per heavy atom. The number of hydrogen-bond acceptors (Lipinski definition) is 0. The molecule has 0 aliphatic carbocycles. The zero-order valence-electron chi connectivity index (χ0n) is 30.3. The minimum absolute atomic E-state index is 1.22. The van der Waals surface area contributed by atoms with Crippen LogP contribution >= 0.6 is 0 Å². The van der Waals surface area contributed by atoms with Gasteiger partial charge < -0.3 is 0 Å². The second kappa shape index (κ2) is 32.6. The van der Waals surface area contributed by atoms with Crippen molar-refractivity contribution < 1.29 is 4.57 Å². The number of nitrogens with zero attached hydrogens (tertiary/aromatic N) is 2. The van der Waals surface area contributed by atoms with Gasteiger partial charge in [0.25, 0.3) is 5.82 Å². The van der Waals surface area contributed by atoms with E-state index in [0.29, 0.717) is 0 Å². The molecule has 1 heterocycles. The fourth-order valence-corrected chi connectivity index (χ4v) is 6.86. The maximum atomic E-state index is 2.63. The molecule has 1 rings (SSSR count). The normalized spacial score (nSPS) is 11.6. The first-order valence-electron chi connectivity index (χ1n) is 20.4. The minimum atomic E-state index is 1.22. The average molecular weight is 602 g/mol. The summed E-state index contributed by atoms with van der Waals surface area (Å²) < 4.78 is 5.24. The van der Waals surface area contributed by atoms with Crippen molar-refractivity contribution in [2.45, 2.75) is 246 Å². The van der Waals surface area contributed by atoms with Crippen molar-refractivity contribution in [3.63, 3.8) is 0 Å². The Labute approximate surface area is 272 Å². The molecule has 1 aromatic heterocycles. The van der Waals surface area contributed by atoms with E-state index in [0.717, 1.165) is 0 Å². The molecule has 1 aromatic rings. The molecule has 0 amide bonds. The predicted molar refractivity (Wildman–Crippen MR) is 193 cm³/mol. The Hall–Kier alpha value is -0.790. The van der Waals surface area contributed by atoms with Crippen LogP contribution < -0.4 is 4.57 Å². The topological polar surface area (TPSA) is 8.81 Å². The van der Waals surface area contributed by atoms with Gasteiger partial charge in [0.15, 0.2) is 0 Å². The second-order valence-electron chi connectivity index (χ2n) is 14.1. The maximum absolute atomic E-state index is 2.63. The molecule has 0 unspecified atom stereocenters. The summed E-state index contributed by atoms with van der Waals surface area (Å²) in [5, 5.41) is 0. The Bertz CT molecular complexity index is 663. The van der Waals surface area contributed by atoms with E-state index in [2.05, 4.69) is 42.3 Å². The second-order valence-corrected chi connectivity index (χ2v) is 14.1. The summed E-state index contributed by atoms with van der Waals surface area (Å²) in [7, 11) is 0. The first-order chi connectivity index (χ1) is 21.3. The van der Waals surface area contributed by atoms with Crippen molar-refractivity contribution in [3.8, 4) is 0 Å².